The van der Waals surface area contributed by atoms with Crippen molar-refractivity contribution >= 4 is 0 Å². The molecule has 0 bridgehead atoms. The largest absolute Gasteiger partial charge is 0.375 e. The van der Waals surface area contributed by atoms with Crippen LogP contribution >= 0.6 is 0 Å². The molecule has 3 N–H and O–H groups in total. The monoisotopic (exact) mass is 240 g/mol. The van der Waals surface area contributed by atoms with E-state index < -0.39 is 0 Å². The van der Waals surface area contributed by atoms with Crippen molar-refractivity contribution in [3.8, 4) is 0 Å². The fourth-order valence-electron chi connectivity index (χ4n) is 2.56. The molecule has 0 aromatic rings. The smallest absolute Gasteiger partial charge is 0.0670 e. The molecule has 2 atom stereocenters. The van der Waals surface area contributed by atoms with E-state index in [1.54, 1.807) is 0 Å². The van der Waals surface area contributed by atoms with Crippen molar-refractivity contribution in [3.63, 3.8) is 0 Å². The van der Waals surface area contributed by atoms with Crippen LogP contribution in [0.15, 0.2) is 12.2 Å². The number of nitrogens with one attached hydrogen (secondary N) is 1. The van der Waals surface area contributed by atoms with Crippen LogP contribution < -0.4 is 11.1 Å². The lowest BCUT2D eigenvalue weighted by Gasteiger charge is -2.46. The normalized spacial score (nSPS) is 34.4. The number of nitrogens with two attached hydrogens (primary N) is 1. The number of hydrogen-bond donors (Lipinski definition) is 2. The van der Waals surface area contributed by atoms with Gasteiger partial charge in [0.25, 0.3) is 0 Å². The van der Waals surface area contributed by atoms with E-state index >= 15 is 0 Å². The minimum Gasteiger partial charge on any atom is -0.375 e. The number of rotatable bonds is 6. The Balaban J connectivity index is 2.55. The van der Waals surface area contributed by atoms with Gasteiger partial charge in [-0.1, -0.05) is 19.1 Å². The molecule has 100 valence electrons. The zero-order chi connectivity index (χ0) is 12.8. The van der Waals surface area contributed by atoms with Crippen LogP contribution in [0.25, 0.3) is 0 Å². The average Bonchev–Trinajstić information content (AvgIpc) is 2.35. The van der Waals surface area contributed by atoms with E-state index in [2.05, 4.69) is 38.2 Å². The van der Waals surface area contributed by atoms with Crippen molar-refractivity contribution in [1.29, 1.82) is 0 Å². The van der Waals surface area contributed by atoms with Gasteiger partial charge in [0.1, 0.15) is 0 Å². The molecule has 1 aliphatic heterocycles. The third kappa shape index (κ3) is 4.09. The fourth-order valence-corrected chi connectivity index (χ4v) is 2.56. The molecule has 1 fully saturated rings. The van der Waals surface area contributed by atoms with Crippen LogP contribution in [0, 0.1) is 0 Å². The van der Waals surface area contributed by atoms with E-state index in [1.807, 2.05) is 0 Å². The zero-order valence-corrected chi connectivity index (χ0v) is 11.6. The summed E-state index contributed by atoms with van der Waals surface area (Å²) < 4.78 is 5.89. The van der Waals surface area contributed by atoms with E-state index in [9.17, 15) is 0 Å². The number of hydrogen-bond acceptors (Lipinski definition) is 3. The Morgan fingerprint density at radius 1 is 1.47 bits per heavy atom. The molecule has 0 aromatic heterocycles. The van der Waals surface area contributed by atoms with Gasteiger partial charge in [-0.3, -0.25) is 0 Å². The van der Waals surface area contributed by atoms with Crippen LogP contribution in [-0.4, -0.2) is 30.8 Å². The van der Waals surface area contributed by atoms with Gasteiger partial charge in [-0.25, -0.2) is 0 Å². The maximum atomic E-state index is 5.99. The Labute approximate surface area is 106 Å². The molecule has 3 nitrogen and oxygen atoms in total. The fraction of sp³-hybridized carbons (Fsp3) is 0.857. The molecule has 1 rings (SSSR count). The number of allylic oxidation sites excluding steroid dienone is 1. The second-order valence-corrected chi connectivity index (χ2v) is 5.35. The summed E-state index contributed by atoms with van der Waals surface area (Å²) in [5, 5.41) is 3.65. The second kappa shape index (κ2) is 6.53. The van der Waals surface area contributed by atoms with Gasteiger partial charge in [0.05, 0.1) is 5.60 Å². The maximum Gasteiger partial charge on any atom is 0.0670 e. The van der Waals surface area contributed by atoms with Crippen LogP contribution in [0.1, 0.15) is 46.5 Å². The average molecular weight is 240 g/mol. The van der Waals surface area contributed by atoms with Crippen LogP contribution in [0.5, 0.6) is 0 Å². The van der Waals surface area contributed by atoms with Crippen molar-refractivity contribution in [2.24, 2.45) is 5.73 Å². The van der Waals surface area contributed by atoms with Crippen molar-refractivity contribution < 1.29 is 4.74 Å². The highest BCUT2D eigenvalue weighted by Crippen LogP contribution is 2.33. The van der Waals surface area contributed by atoms with Gasteiger partial charge in [-0.15, -0.1) is 0 Å². The van der Waals surface area contributed by atoms with Crippen molar-refractivity contribution in [2.45, 2.75) is 57.6 Å². The molecule has 1 heterocycles. The van der Waals surface area contributed by atoms with E-state index in [0.29, 0.717) is 6.54 Å². The third-order valence-electron chi connectivity index (χ3n) is 3.93. The van der Waals surface area contributed by atoms with Crippen molar-refractivity contribution in [3.05, 3.63) is 12.2 Å². The van der Waals surface area contributed by atoms with E-state index in [1.165, 1.54) is 0 Å². The predicted octanol–water partition coefficient (Wildman–Crippen LogP) is 2.22. The predicted molar refractivity (Wildman–Crippen MR) is 73.1 cm³/mol. The zero-order valence-electron chi connectivity index (χ0n) is 11.6. The first-order chi connectivity index (χ1) is 8.10. The Hall–Kier alpha value is -0.380. The maximum absolute atomic E-state index is 5.99. The van der Waals surface area contributed by atoms with Gasteiger partial charge in [0, 0.05) is 18.7 Å². The van der Waals surface area contributed by atoms with E-state index in [4.69, 9.17) is 10.5 Å². The quantitative estimate of drug-likeness (QED) is 0.553. The van der Waals surface area contributed by atoms with Crippen LogP contribution in [0.4, 0.5) is 0 Å². The Kier molecular flexibility index (Phi) is 5.63. The minimum atomic E-state index is -0.00871. The molecule has 0 radical (unpaired) electrons. The van der Waals surface area contributed by atoms with E-state index in [-0.39, 0.29) is 11.1 Å². The molecule has 0 spiro atoms. The van der Waals surface area contributed by atoms with E-state index in [0.717, 1.165) is 38.8 Å². The summed E-state index contributed by atoms with van der Waals surface area (Å²) in [6.07, 6.45) is 8.44. The lowest BCUT2D eigenvalue weighted by molar-refractivity contribution is -0.0992. The molecule has 0 aliphatic carbocycles. The summed E-state index contributed by atoms with van der Waals surface area (Å²) >= 11 is 0. The first kappa shape index (κ1) is 14.7. The highest BCUT2D eigenvalue weighted by molar-refractivity contribution is 4.99. The molecular weight excluding hydrogens is 212 g/mol. The second-order valence-electron chi connectivity index (χ2n) is 5.35. The standard InChI is InChI=1S/C14H28N2O/c1-4-6-7-9-16-14(12-15)8-10-17-13(3,5-2)11-14/h4,6,16H,5,7-12,15H2,1-3H3/b6-4+. The summed E-state index contributed by atoms with van der Waals surface area (Å²) in [4.78, 5) is 0. The Morgan fingerprint density at radius 2 is 2.24 bits per heavy atom. The summed E-state index contributed by atoms with van der Waals surface area (Å²) in [6.45, 7) is 8.96. The molecule has 1 saturated heterocycles. The molecule has 0 saturated carbocycles. The summed E-state index contributed by atoms with van der Waals surface area (Å²) in [7, 11) is 0. The molecule has 17 heavy (non-hydrogen) atoms. The Morgan fingerprint density at radius 3 is 2.82 bits per heavy atom. The lowest BCUT2D eigenvalue weighted by atomic mass is 9.79. The molecule has 0 aromatic carbocycles. The third-order valence-corrected chi connectivity index (χ3v) is 3.93. The van der Waals surface area contributed by atoms with Gasteiger partial charge in [-0.05, 0) is 46.1 Å². The first-order valence-corrected chi connectivity index (χ1v) is 6.80. The highest BCUT2D eigenvalue weighted by atomic mass is 16.5. The van der Waals surface area contributed by atoms with Crippen LogP contribution in [-0.2, 0) is 4.74 Å². The SMILES string of the molecule is C/C=C/CCNC1(CN)CCOC(C)(CC)C1. The molecule has 0 amide bonds. The summed E-state index contributed by atoms with van der Waals surface area (Å²) in [6, 6.07) is 0. The topological polar surface area (TPSA) is 47.3 Å². The summed E-state index contributed by atoms with van der Waals surface area (Å²) in [5.74, 6) is 0. The van der Waals surface area contributed by atoms with Gasteiger partial charge in [-0.2, -0.15) is 0 Å². The van der Waals surface area contributed by atoms with Crippen molar-refractivity contribution in [1.82, 2.24) is 5.32 Å². The van der Waals surface area contributed by atoms with Crippen molar-refractivity contribution in [2.75, 3.05) is 19.7 Å². The molecular formula is C14H28N2O. The minimum absolute atomic E-state index is 0.00871. The first-order valence-electron chi connectivity index (χ1n) is 6.80. The molecule has 2 unspecified atom stereocenters. The van der Waals surface area contributed by atoms with Crippen LogP contribution in [0.2, 0.25) is 0 Å². The van der Waals surface area contributed by atoms with Gasteiger partial charge in [0.15, 0.2) is 0 Å². The number of ether oxygens (including phenoxy) is 1. The molecule has 3 heteroatoms. The highest BCUT2D eigenvalue weighted by Gasteiger charge is 2.40. The van der Waals surface area contributed by atoms with Gasteiger partial charge < -0.3 is 15.8 Å². The molecule has 1 aliphatic rings. The summed E-state index contributed by atoms with van der Waals surface area (Å²) in [5.41, 5.74) is 6.06. The van der Waals surface area contributed by atoms with Gasteiger partial charge >= 0.3 is 0 Å². The van der Waals surface area contributed by atoms with Gasteiger partial charge in [0.2, 0.25) is 0 Å². The Bertz CT molecular complexity index is 255. The van der Waals surface area contributed by atoms with Crippen LogP contribution in [0.3, 0.4) is 0 Å². The lowest BCUT2D eigenvalue weighted by Crippen LogP contribution is -2.59.